The number of hydrogen-bond donors (Lipinski definition) is 0. The maximum atomic E-state index is 6.62. The van der Waals surface area contributed by atoms with E-state index < -0.39 is 8.07 Å². The molecule has 0 aliphatic heterocycles. The Morgan fingerprint density at radius 3 is 2.22 bits per heavy atom. The molecule has 0 saturated heterocycles. The first kappa shape index (κ1) is 45.7. The topological polar surface area (TPSA) is 69.6 Å². The van der Waals surface area contributed by atoms with Gasteiger partial charge in [0.25, 0.3) is 0 Å². The van der Waals surface area contributed by atoms with Crippen molar-refractivity contribution in [3.8, 4) is 28.3 Å². The summed E-state index contributed by atoms with van der Waals surface area (Å²) in [4.78, 5) is 19.9. The molecule has 0 aliphatic carbocycles. The summed E-state index contributed by atoms with van der Waals surface area (Å²) in [6.07, 6.45) is 4.50. The third kappa shape index (κ3) is 8.96. The number of rotatable bonds is 7. The predicted octanol–water partition coefficient (Wildman–Crippen LogP) is 13.9. The van der Waals surface area contributed by atoms with E-state index in [1.54, 1.807) is 0 Å². The number of imidazole rings is 1. The minimum atomic E-state index is -1.35. The van der Waals surface area contributed by atoms with E-state index in [9.17, 15) is 0 Å². The van der Waals surface area contributed by atoms with Crippen molar-refractivity contribution in [3.63, 3.8) is 0 Å². The van der Waals surface area contributed by atoms with Crippen LogP contribution in [0.3, 0.4) is 0 Å². The molecule has 63 heavy (non-hydrogen) atoms. The molecular formula is C55H59IrN5OSi-2. The first-order valence-corrected chi connectivity index (χ1v) is 25.5. The summed E-state index contributed by atoms with van der Waals surface area (Å²) in [5, 5.41) is 4.65. The van der Waals surface area contributed by atoms with Crippen LogP contribution < -0.4 is 5.19 Å². The Bertz CT molecular complexity index is 3110. The van der Waals surface area contributed by atoms with Crippen LogP contribution in [0.2, 0.25) is 19.6 Å². The van der Waals surface area contributed by atoms with E-state index in [0.717, 1.165) is 95.9 Å². The summed E-state index contributed by atoms with van der Waals surface area (Å²) in [5.41, 5.74) is 16.3. The Hall–Kier alpha value is -5.27. The molecule has 8 heteroatoms. The second-order valence-electron chi connectivity index (χ2n) is 19.4. The van der Waals surface area contributed by atoms with Crippen LogP contribution in [0, 0.1) is 52.7 Å². The molecule has 0 bridgehead atoms. The van der Waals surface area contributed by atoms with E-state index in [4.69, 9.17) is 24.4 Å². The van der Waals surface area contributed by atoms with Crippen molar-refractivity contribution in [2.24, 2.45) is 5.92 Å². The van der Waals surface area contributed by atoms with Crippen LogP contribution in [0.25, 0.3) is 72.3 Å². The molecule has 1 atom stereocenters. The molecule has 5 heterocycles. The average Bonchev–Trinajstić information content (AvgIpc) is 3.80. The summed E-state index contributed by atoms with van der Waals surface area (Å²) in [6.45, 7) is 28.9. The van der Waals surface area contributed by atoms with E-state index in [2.05, 4.69) is 166 Å². The number of nitrogens with zero attached hydrogens (tertiary/aromatic N) is 5. The zero-order chi connectivity index (χ0) is 44.2. The second-order valence-corrected chi connectivity index (χ2v) is 24.4. The van der Waals surface area contributed by atoms with E-state index in [-0.39, 0.29) is 25.5 Å². The molecule has 0 aliphatic rings. The van der Waals surface area contributed by atoms with Gasteiger partial charge in [-0.25, -0.2) is 4.98 Å². The largest absolute Gasteiger partial charge is 0.486 e. The molecule has 4 aromatic carbocycles. The van der Waals surface area contributed by atoms with Gasteiger partial charge >= 0.3 is 0 Å². The fraction of sp³-hybridized carbons (Fsp3) is 0.309. The maximum Gasteiger partial charge on any atom is 0.216 e. The summed E-state index contributed by atoms with van der Waals surface area (Å²) in [6, 6.07) is 36.4. The van der Waals surface area contributed by atoms with Gasteiger partial charge in [0, 0.05) is 59.6 Å². The van der Waals surface area contributed by atoms with Crippen LogP contribution >= 0.6 is 0 Å². The summed E-state index contributed by atoms with van der Waals surface area (Å²) in [5.74, 6) is 1.50. The minimum absolute atomic E-state index is 0. The Balaban J connectivity index is 0.000000229. The van der Waals surface area contributed by atoms with E-state index in [1.807, 2.05) is 31.2 Å². The van der Waals surface area contributed by atoms with Gasteiger partial charge in [0.15, 0.2) is 0 Å². The molecule has 9 aromatic rings. The zero-order valence-electron chi connectivity index (χ0n) is 39.1. The first-order valence-electron chi connectivity index (χ1n) is 22.0. The van der Waals surface area contributed by atoms with Gasteiger partial charge in [0.2, 0.25) is 5.71 Å². The summed E-state index contributed by atoms with van der Waals surface area (Å²) >= 11 is 0. The van der Waals surface area contributed by atoms with Gasteiger partial charge < -0.3 is 14.0 Å². The van der Waals surface area contributed by atoms with Crippen molar-refractivity contribution in [3.05, 3.63) is 142 Å². The Morgan fingerprint density at radius 1 is 0.825 bits per heavy atom. The fourth-order valence-corrected chi connectivity index (χ4v) is 10.4. The number of furan rings is 1. The molecule has 0 fully saturated rings. The molecule has 1 radical (unpaired) electrons. The monoisotopic (exact) mass is 1030 g/mol. The average molecular weight is 1030 g/mol. The number of benzene rings is 4. The molecule has 5 aromatic heterocycles. The van der Waals surface area contributed by atoms with Gasteiger partial charge in [0.05, 0.1) is 36.0 Å². The van der Waals surface area contributed by atoms with Crippen LogP contribution in [0.4, 0.5) is 0 Å². The Labute approximate surface area is 388 Å². The SMILES string of the molecule is CCC(C)Cc1cc(-c2[c-]cccc2)ncc1[Si](C)(C)C.Cc1cc(C)c(-n2c(-c3[c-]cc(C)c4c3oc3nc(C(C)(C)C)ccc34)nc3ccc4ccc(C)nc4c32)c(C)c1.[Ir]. The summed E-state index contributed by atoms with van der Waals surface area (Å²) in [7, 11) is -1.35. The zero-order valence-corrected chi connectivity index (χ0v) is 42.5. The van der Waals surface area contributed by atoms with Gasteiger partial charge in [-0.3, -0.25) is 9.97 Å². The molecule has 0 amide bonds. The van der Waals surface area contributed by atoms with Crippen LogP contribution in [0.15, 0.2) is 95.5 Å². The number of aryl methyl sites for hydroxylation is 5. The van der Waals surface area contributed by atoms with Crippen molar-refractivity contribution in [1.82, 2.24) is 24.5 Å². The standard InChI is InChI=1S/C36H33N4O.C19H26NSi.Ir/c1-19-17-21(3)31(22(4)18-19)40-32-27(15-12-24-11-10-23(5)37-30(24)32)38-34(40)26-13-9-20(2)29-25-14-16-28(36(6,7)8)39-35(25)41-33(26)29;1-6-15(2)12-17-13-18(16-10-8-7-9-11-16)20-14-19(17)21(3,4)5;/h9-12,14-18H,1-8H3;7-10,13-15H,6,12H2,1-5H3;/q2*-1;. The van der Waals surface area contributed by atoms with Crippen molar-refractivity contribution >= 4 is 57.3 Å². The van der Waals surface area contributed by atoms with Crippen molar-refractivity contribution in [1.29, 1.82) is 0 Å². The molecule has 0 N–H and O–H groups in total. The molecule has 6 nitrogen and oxygen atoms in total. The minimum Gasteiger partial charge on any atom is -0.486 e. The molecule has 0 spiro atoms. The number of hydrogen-bond acceptors (Lipinski definition) is 5. The fourth-order valence-electron chi connectivity index (χ4n) is 8.76. The Morgan fingerprint density at radius 2 is 1.56 bits per heavy atom. The van der Waals surface area contributed by atoms with Crippen LogP contribution in [0.1, 0.15) is 80.2 Å². The third-order valence-electron chi connectivity index (χ3n) is 12.1. The predicted molar refractivity (Wildman–Crippen MR) is 263 cm³/mol. The number of fused-ring (bicyclic) bond motifs is 6. The van der Waals surface area contributed by atoms with Crippen LogP contribution in [0.5, 0.6) is 0 Å². The van der Waals surface area contributed by atoms with Crippen LogP contribution in [-0.2, 0) is 31.9 Å². The van der Waals surface area contributed by atoms with Crippen molar-refractivity contribution in [2.75, 3.05) is 0 Å². The smallest absolute Gasteiger partial charge is 0.216 e. The van der Waals surface area contributed by atoms with Gasteiger partial charge in [-0.15, -0.1) is 53.6 Å². The maximum absolute atomic E-state index is 6.62. The molecule has 9 rings (SSSR count). The first-order chi connectivity index (χ1) is 29.4. The van der Waals surface area contributed by atoms with E-state index in [0.29, 0.717) is 5.71 Å². The van der Waals surface area contributed by atoms with Crippen molar-refractivity contribution < 1.29 is 24.5 Å². The number of pyridine rings is 3. The van der Waals surface area contributed by atoms with Gasteiger partial charge in [-0.1, -0.05) is 120 Å². The molecule has 0 saturated carbocycles. The van der Waals surface area contributed by atoms with Gasteiger partial charge in [-0.05, 0) is 86.3 Å². The van der Waals surface area contributed by atoms with E-state index in [1.165, 1.54) is 33.9 Å². The van der Waals surface area contributed by atoms with Crippen LogP contribution in [-0.4, -0.2) is 32.6 Å². The molecule has 325 valence electrons. The Kier molecular flexibility index (Phi) is 12.9. The van der Waals surface area contributed by atoms with Crippen molar-refractivity contribution in [2.45, 2.75) is 107 Å². The summed E-state index contributed by atoms with van der Waals surface area (Å²) < 4.78 is 8.89. The molecule has 1 unspecified atom stereocenters. The second kappa shape index (κ2) is 17.7. The van der Waals surface area contributed by atoms with Gasteiger partial charge in [0.1, 0.15) is 0 Å². The quantitative estimate of drug-likeness (QED) is 0.118. The normalized spacial score (nSPS) is 12.5. The van der Waals surface area contributed by atoms with E-state index >= 15 is 0 Å². The van der Waals surface area contributed by atoms with Gasteiger partial charge in [-0.2, -0.15) is 0 Å². The molecular weight excluding hydrogens is 967 g/mol. The third-order valence-corrected chi connectivity index (χ3v) is 14.2. The number of aromatic nitrogens is 5.